The molecule has 0 saturated carbocycles. The number of para-hydroxylation sites is 1. The van der Waals surface area contributed by atoms with Gasteiger partial charge in [-0.25, -0.2) is 13.4 Å². The lowest BCUT2D eigenvalue weighted by Crippen LogP contribution is -2.31. The Bertz CT molecular complexity index is 668. The summed E-state index contributed by atoms with van der Waals surface area (Å²) in [6, 6.07) is 9.29. The number of aromatic amines is 1. The third-order valence-corrected chi connectivity index (χ3v) is 4.81. The fraction of sp³-hybridized carbons (Fsp3) is 0.357. The number of benzene rings is 1. The van der Waals surface area contributed by atoms with Gasteiger partial charge in [0.1, 0.15) is 18.2 Å². The fourth-order valence-electron chi connectivity index (χ4n) is 1.75. The molecule has 114 valence electrons. The summed E-state index contributed by atoms with van der Waals surface area (Å²) in [7, 11) is -2.02. The van der Waals surface area contributed by atoms with Crippen LogP contribution in [0.25, 0.3) is 0 Å². The standard InChI is InChI=1S/C14H19N3O3S/c1-3-13-15-11-14(16-13)21(18,19)17(2)9-10-20-12-7-5-4-6-8-12/h4-8,11H,3,9-10H2,1-2H3,(H,15,16). The summed E-state index contributed by atoms with van der Waals surface area (Å²) in [5.74, 6) is 1.38. The van der Waals surface area contributed by atoms with Crippen molar-refractivity contribution in [1.82, 2.24) is 14.3 Å². The molecule has 6 nitrogen and oxygen atoms in total. The largest absolute Gasteiger partial charge is 0.492 e. The van der Waals surface area contributed by atoms with Gasteiger partial charge >= 0.3 is 0 Å². The number of nitrogens with zero attached hydrogens (tertiary/aromatic N) is 2. The van der Waals surface area contributed by atoms with Gasteiger partial charge in [-0.2, -0.15) is 4.31 Å². The van der Waals surface area contributed by atoms with Crippen LogP contribution in [0.3, 0.4) is 0 Å². The van der Waals surface area contributed by atoms with Gasteiger partial charge in [-0.15, -0.1) is 0 Å². The summed E-state index contributed by atoms with van der Waals surface area (Å²) in [5, 5.41) is 0.113. The molecule has 0 bridgehead atoms. The summed E-state index contributed by atoms with van der Waals surface area (Å²) in [6.07, 6.45) is 2.01. The Morgan fingerprint density at radius 1 is 1.29 bits per heavy atom. The smallest absolute Gasteiger partial charge is 0.259 e. The van der Waals surface area contributed by atoms with E-state index in [1.54, 1.807) is 0 Å². The molecule has 0 aliphatic rings. The van der Waals surface area contributed by atoms with Gasteiger partial charge in [-0.1, -0.05) is 25.1 Å². The first-order chi connectivity index (χ1) is 10.0. The number of sulfonamides is 1. The molecule has 0 unspecified atom stereocenters. The number of imidazole rings is 1. The molecular formula is C14H19N3O3S. The molecule has 7 heteroatoms. The van der Waals surface area contributed by atoms with Crippen LogP contribution in [0.4, 0.5) is 0 Å². The second-order valence-electron chi connectivity index (χ2n) is 4.54. The lowest BCUT2D eigenvalue weighted by atomic mass is 10.3. The summed E-state index contributed by atoms with van der Waals surface area (Å²) in [6.45, 7) is 2.46. The second kappa shape index (κ2) is 6.73. The topological polar surface area (TPSA) is 75.3 Å². The van der Waals surface area contributed by atoms with Gasteiger partial charge in [0.2, 0.25) is 0 Å². The molecule has 21 heavy (non-hydrogen) atoms. The molecular weight excluding hydrogens is 290 g/mol. The Morgan fingerprint density at radius 2 is 2.00 bits per heavy atom. The molecule has 1 heterocycles. The van der Waals surface area contributed by atoms with Crippen LogP contribution in [0.2, 0.25) is 0 Å². The molecule has 0 aliphatic carbocycles. The molecule has 0 amide bonds. The van der Waals surface area contributed by atoms with Crippen molar-refractivity contribution in [2.24, 2.45) is 0 Å². The number of aryl methyl sites for hydroxylation is 1. The van der Waals surface area contributed by atoms with Crippen LogP contribution < -0.4 is 4.74 Å². The minimum atomic E-state index is -3.55. The third kappa shape index (κ3) is 3.83. The highest BCUT2D eigenvalue weighted by molar-refractivity contribution is 7.89. The van der Waals surface area contributed by atoms with Gasteiger partial charge in [0.15, 0.2) is 5.03 Å². The van der Waals surface area contributed by atoms with E-state index in [-0.39, 0.29) is 18.2 Å². The molecule has 1 aromatic carbocycles. The van der Waals surface area contributed by atoms with Crippen LogP contribution in [0.5, 0.6) is 5.75 Å². The van der Waals surface area contributed by atoms with E-state index in [1.165, 1.54) is 17.5 Å². The average molecular weight is 309 g/mol. The number of H-pyrrole nitrogens is 1. The van der Waals surface area contributed by atoms with E-state index in [4.69, 9.17) is 4.74 Å². The van der Waals surface area contributed by atoms with Crippen molar-refractivity contribution in [3.8, 4) is 5.75 Å². The maximum atomic E-state index is 12.3. The van der Waals surface area contributed by atoms with Gasteiger partial charge in [-0.05, 0) is 12.1 Å². The average Bonchev–Trinajstić information content (AvgIpc) is 2.98. The number of hydrogen-bond acceptors (Lipinski definition) is 4. The van der Waals surface area contributed by atoms with E-state index < -0.39 is 10.0 Å². The van der Waals surface area contributed by atoms with Crippen molar-refractivity contribution in [2.75, 3.05) is 20.2 Å². The van der Waals surface area contributed by atoms with Gasteiger partial charge in [0.05, 0.1) is 6.20 Å². The monoisotopic (exact) mass is 309 g/mol. The summed E-state index contributed by atoms with van der Waals surface area (Å²) in [4.78, 5) is 6.83. The third-order valence-electron chi connectivity index (χ3n) is 3.05. The van der Waals surface area contributed by atoms with Crippen molar-refractivity contribution >= 4 is 10.0 Å². The Kier molecular flexibility index (Phi) is 4.98. The first-order valence-electron chi connectivity index (χ1n) is 6.72. The van der Waals surface area contributed by atoms with Crippen LogP contribution in [-0.2, 0) is 16.4 Å². The number of aromatic nitrogens is 2. The summed E-state index contributed by atoms with van der Waals surface area (Å²) in [5.41, 5.74) is 0. The van der Waals surface area contributed by atoms with Crippen molar-refractivity contribution in [1.29, 1.82) is 0 Å². The van der Waals surface area contributed by atoms with Crippen molar-refractivity contribution in [2.45, 2.75) is 18.4 Å². The van der Waals surface area contributed by atoms with Gasteiger partial charge in [-0.3, -0.25) is 0 Å². The molecule has 2 rings (SSSR count). The van der Waals surface area contributed by atoms with Gasteiger partial charge < -0.3 is 9.72 Å². The minimum absolute atomic E-state index is 0.113. The van der Waals surface area contributed by atoms with Crippen LogP contribution in [0.1, 0.15) is 12.7 Å². The molecule has 0 atom stereocenters. The molecule has 0 aliphatic heterocycles. The highest BCUT2D eigenvalue weighted by Crippen LogP contribution is 2.13. The predicted octanol–water partition coefficient (Wildman–Crippen LogP) is 1.67. The van der Waals surface area contributed by atoms with Crippen LogP contribution in [0.15, 0.2) is 41.6 Å². The van der Waals surface area contributed by atoms with Crippen LogP contribution in [0, 0.1) is 0 Å². The minimum Gasteiger partial charge on any atom is -0.492 e. The maximum absolute atomic E-state index is 12.3. The lowest BCUT2D eigenvalue weighted by molar-refractivity contribution is 0.286. The first kappa shape index (κ1) is 15.5. The Labute approximate surface area is 124 Å². The first-order valence-corrected chi connectivity index (χ1v) is 8.16. The zero-order chi connectivity index (χ0) is 15.3. The quantitative estimate of drug-likeness (QED) is 0.844. The van der Waals surface area contributed by atoms with E-state index >= 15 is 0 Å². The van der Waals surface area contributed by atoms with E-state index in [1.807, 2.05) is 37.3 Å². The molecule has 0 fully saturated rings. The van der Waals surface area contributed by atoms with E-state index in [9.17, 15) is 8.42 Å². The van der Waals surface area contributed by atoms with Crippen molar-refractivity contribution < 1.29 is 13.2 Å². The highest BCUT2D eigenvalue weighted by Gasteiger charge is 2.22. The number of hydrogen-bond donors (Lipinski definition) is 1. The van der Waals surface area contributed by atoms with E-state index in [0.29, 0.717) is 12.2 Å². The maximum Gasteiger partial charge on any atom is 0.259 e. The lowest BCUT2D eigenvalue weighted by Gasteiger charge is -2.16. The molecule has 0 radical (unpaired) electrons. The normalized spacial score (nSPS) is 11.8. The van der Waals surface area contributed by atoms with Crippen molar-refractivity contribution in [3.05, 3.63) is 42.4 Å². The zero-order valence-electron chi connectivity index (χ0n) is 12.1. The zero-order valence-corrected chi connectivity index (χ0v) is 12.9. The Morgan fingerprint density at radius 3 is 2.62 bits per heavy atom. The van der Waals surface area contributed by atoms with E-state index in [0.717, 1.165) is 5.75 Å². The predicted molar refractivity (Wildman–Crippen MR) is 79.7 cm³/mol. The molecule has 2 aromatic rings. The van der Waals surface area contributed by atoms with Crippen molar-refractivity contribution in [3.63, 3.8) is 0 Å². The molecule has 1 N–H and O–H groups in total. The number of nitrogens with one attached hydrogen (secondary N) is 1. The fourth-order valence-corrected chi connectivity index (χ4v) is 2.83. The number of likely N-dealkylation sites (N-methyl/N-ethyl adjacent to an activating group) is 1. The number of rotatable bonds is 7. The Balaban J connectivity index is 1.94. The SMILES string of the molecule is CCc1ncc(S(=O)(=O)N(C)CCOc2ccccc2)[nH]1. The molecule has 0 spiro atoms. The summed E-state index contributed by atoms with van der Waals surface area (Å²) >= 11 is 0. The van der Waals surface area contributed by atoms with Gasteiger partial charge in [0, 0.05) is 20.0 Å². The van der Waals surface area contributed by atoms with Crippen LogP contribution in [-0.4, -0.2) is 42.9 Å². The second-order valence-corrected chi connectivity index (χ2v) is 6.55. The molecule has 1 aromatic heterocycles. The highest BCUT2D eigenvalue weighted by atomic mass is 32.2. The number of ether oxygens (including phenoxy) is 1. The van der Waals surface area contributed by atoms with Gasteiger partial charge in [0.25, 0.3) is 10.0 Å². The Hall–Kier alpha value is -1.86. The van der Waals surface area contributed by atoms with Crippen LogP contribution >= 0.6 is 0 Å². The van der Waals surface area contributed by atoms with E-state index in [2.05, 4.69) is 9.97 Å². The summed E-state index contributed by atoms with van der Waals surface area (Å²) < 4.78 is 31.4. The molecule has 0 saturated heterocycles.